The molecule has 0 fully saturated rings. The average molecular weight is 233 g/mol. The summed E-state index contributed by atoms with van der Waals surface area (Å²) in [6, 6.07) is 6.19. The van der Waals surface area contributed by atoms with Gasteiger partial charge in [-0.2, -0.15) is 0 Å². The predicted octanol–water partition coefficient (Wildman–Crippen LogP) is 3.13. The van der Waals surface area contributed by atoms with Gasteiger partial charge >= 0.3 is 4.87 Å². The van der Waals surface area contributed by atoms with Gasteiger partial charge in [-0.1, -0.05) is 23.5 Å². The summed E-state index contributed by atoms with van der Waals surface area (Å²) in [5, 5.41) is 0. The minimum absolute atomic E-state index is 0.101. The minimum atomic E-state index is 0.101. The van der Waals surface area contributed by atoms with E-state index in [2.05, 4.69) is 18.2 Å². The first-order valence-corrected chi connectivity index (χ1v) is 6.09. The van der Waals surface area contributed by atoms with Gasteiger partial charge in [0.25, 0.3) is 0 Å². The molecule has 0 aliphatic heterocycles. The van der Waals surface area contributed by atoms with E-state index in [0.29, 0.717) is 0 Å². The van der Waals surface area contributed by atoms with Gasteiger partial charge < -0.3 is 0 Å². The third-order valence-electron chi connectivity index (χ3n) is 2.87. The number of aryl methyl sites for hydroxylation is 3. The molecule has 16 heavy (non-hydrogen) atoms. The molecule has 0 atom stereocenters. The van der Waals surface area contributed by atoms with E-state index in [-0.39, 0.29) is 4.87 Å². The maximum absolute atomic E-state index is 11.9. The van der Waals surface area contributed by atoms with E-state index < -0.39 is 0 Å². The fourth-order valence-electron chi connectivity index (χ4n) is 1.78. The lowest BCUT2D eigenvalue weighted by molar-refractivity contribution is 0.958. The molecule has 0 spiro atoms. The fraction of sp³-hybridized carbons (Fsp3) is 0.308. The number of nitrogens with zero attached hydrogens (tertiary/aromatic N) is 1. The number of hydrogen-bond acceptors (Lipinski definition) is 2. The van der Waals surface area contributed by atoms with E-state index >= 15 is 0 Å². The van der Waals surface area contributed by atoms with Crippen molar-refractivity contribution >= 4 is 11.3 Å². The third kappa shape index (κ3) is 1.71. The summed E-state index contributed by atoms with van der Waals surface area (Å²) in [7, 11) is 0. The van der Waals surface area contributed by atoms with Crippen LogP contribution in [0.3, 0.4) is 0 Å². The molecule has 2 nitrogen and oxygen atoms in total. The van der Waals surface area contributed by atoms with Crippen molar-refractivity contribution in [3.63, 3.8) is 0 Å². The van der Waals surface area contributed by atoms with E-state index in [0.717, 1.165) is 21.8 Å². The van der Waals surface area contributed by atoms with Gasteiger partial charge in [-0.3, -0.25) is 9.36 Å². The summed E-state index contributed by atoms with van der Waals surface area (Å²) in [5.41, 5.74) is 4.36. The van der Waals surface area contributed by atoms with Crippen LogP contribution < -0.4 is 4.87 Å². The SMILES string of the molecule is Cc1ccc(C)c(-n2c(C)c(C)sc2=O)c1. The van der Waals surface area contributed by atoms with Crippen LogP contribution in [-0.4, -0.2) is 4.57 Å². The van der Waals surface area contributed by atoms with Gasteiger partial charge in [-0.15, -0.1) is 0 Å². The topological polar surface area (TPSA) is 22.0 Å². The lowest BCUT2D eigenvalue weighted by atomic mass is 10.1. The van der Waals surface area contributed by atoms with Crippen molar-refractivity contribution in [2.24, 2.45) is 0 Å². The van der Waals surface area contributed by atoms with E-state index in [4.69, 9.17) is 0 Å². The third-order valence-corrected chi connectivity index (χ3v) is 3.83. The van der Waals surface area contributed by atoms with Gasteiger partial charge in [0.1, 0.15) is 0 Å². The highest BCUT2D eigenvalue weighted by molar-refractivity contribution is 7.09. The predicted molar refractivity (Wildman–Crippen MR) is 68.9 cm³/mol. The van der Waals surface area contributed by atoms with Crippen LogP contribution in [0.2, 0.25) is 0 Å². The van der Waals surface area contributed by atoms with E-state index in [1.165, 1.54) is 16.9 Å². The van der Waals surface area contributed by atoms with Crippen molar-refractivity contribution in [1.29, 1.82) is 0 Å². The summed E-state index contributed by atoms with van der Waals surface area (Å²) in [6.45, 7) is 8.06. The van der Waals surface area contributed by atoms with Gasteiger partial charge in [-0.05, 0) is 44.9 Å². The largest absolute Gasteiger partial charge is 0.312 e. The first-order chi connectivity index (χ1) is 7.50. The maximum Gasteiger partial charge on any atom is 0.312 e. The second-order valence-corrected chi connectivity index (χ2v) is 5.30. The molecule has 0 bridgehead atoms. The molecule has 0 unspecified atom stereocenters. The Morgan fingerprint density at radius 3 is 2.38 bits per heavy atom. The molecular formula is C13H15NOS. The Labute approximate surface area is 99.2 Å². The molecule has 0 radical (unpaired) electrons. The van der Waals surface area contributed by atoms with Crippen LogP contribution in [0.4, 0.5) is 0 Å². The average Bonchev–Trinajstić information content (AvgIpc) is 2.46. The van der Waals surface area contributed by atoms with Gasteiger partial charge in [0, 0.05) is 10.6 Å². The lowest BCUT2D eigenvalue weighted by Crippen LogP contribution is -2.13. The Bertz CT molecular complexity index is 592. The zero-order valence-corrected chi connectivity index (χ0v) is 10.8. The second kappa shape index (κ2) is 3.91. The normalized spacial score (nSPS) is 10.8. The number of aromatic nitrogens is 1. The minimum Gasteiger partial charge on any atom is -0.271 e. The lowest BCUT2D eigenvalue weighted by Gasteiger charge is -2.09. The quantitative estimate of drug-likeness (QED) is 0.741. The van der Waals surface area contributed by atoms with Crippen molar-refractivity contribution in [3.8, 4) is 5.69 Å². The number of rotatable bonds is 1. The molecule has 1 aromatic carbocycles. The van der Waals surface area contributed by atoms with Crippen molar-refractivity contribution in [2.45, 2.75) is 27.7 Å². The molecule has 0 aliphatic rings. The second-order valence-electron chi connectivity index (χ2n) is 4.13. The zero-order valence-electron chi connectivity index (χ0n) is 10.00. The fourth-order valence-corrected chi connectivity index (χ4v) is 2.61. The molecule has 2 rings (SSSR count). The number of benzene rings is 1. The van der Waals surface area contributed by atoms with Gasteiger partial charge in [0.05, 0.1) is 5.69 Å². The van der Waals surface area contributed by atoms with Crippen LogP contribution in [0.25, 0.3) is 5.69 Å². The van der Waals surface area contributed by atoms with E-state index in [1.807, 2.05) is 32.3 Å². The van der Waals surface area contributed by atoms with Crippen molar-refractivity contribution in [1.82, 2.24) is 4.57 Å². The van der Waals surface area contributed by atoms with Crippen LogP contribution in [-0.2, 0) is 0 Å². The van der Waals surface area contributed by atoms with Crippen molar-refractivity contribution in [3.05, 3.63) is 49.6 Å². The monoisotopic (exact) mass is 233 g/mol. The van der Waals surface area contributed by atoms with Crippen molar-refractivity contribution < 1.29 is 0 Å². The molecule has 0 aliphatic carbocycles. The highest BCUT2D eigenvalue weighted by Crippen LogP contribution is 2.19. The molecule has 0 amide bonds. The molecule has 2 aromatic rings. The molecule has 84 valence electrons. The van der Waals surface area contributed by atoms with Crippen molar-refractivity contribution in [2.75, 3.05) is 0 Å². The summed E-state index contributed by atoms with van der Waals surface area (Å²) < 4.78 is 1.81. The van der Waals surface area contributed by atoms with Gasteiger partial charge in [0.15, 0.2) is 0 Å². The summed E-state index contributed by atoms with van der Waals surface area (Å²) in [5.74, 6) is 0. The number of hydrogen-bond donors (Lipinski definition) is 0. The van der Waals surface area contributed by atoms with Gasteiger partial charge in [-0.25, -0.2) is 0 Å². The van der Waals surface area contributed by atoms with Gasteiger partial charge in [0.2, 0.25) is 0 Å². The first kappa shape index (κ1) is 11.1. The standard InChI is InChI=1S/C13H15NOS/c1-8-5-6-9(2)12(7-8)14-10(3)11(4)16-13(14)15/h5-7H,1-4H3. The van der Waals surface area contributed by atoms with Crippen LogP contribution in [0.15, 0.2) is 23.0 Å². The van der Waals surface area contributed by atoms with Crippen LogP contribution >= 0.6 is 11.3 Å². The Morgan fingerprint density at radius 2 is 1.81 bits per heavy atom. The highest BCUT2D eigenvalue weighted by Gasteiger charge is 2.11. The Balaban J connectivity index is 2.76. The first-order valence-electron chi connectivity index (χ1n) is 5.27. The zero-order chi connectivity index (χ0) is 11.9. The highest BCUT2D eigenvalue weighted by atomic mass is 32.1. The smallest absolute Gasteiger partial charge is 0.271 e. The van der Waals surface area contributed by atoms with E-state index in [1.54, 1.807) is 0 Å². The molecule has 1 heterocycles. The number of thiazole rings is 1. The maximum atomic E-state index is 11.9. The summed E-state index contributed by atoms with van der Waals surface area (Å²) in [6.07, 6.45) is 0. The molecule has 1 aromatic heterocycles. The van der Waals surface area contributed by atoms with Crippen LogP contribution in [0.5, 0.6) is 0 Å². The molecule has 0 N–H and O–H groups in total. The molecule has 3 heteroatoms. The Hall–Kier alpha value is -1.35. The summed E-state index contributed by atoms with van der Waals surface area (Å²) in [4.78, 5) is 13.1. The Kier molecular flexibility index (Phi) is 2.72. The molecular weight excluding hydrogens is 218 g/mol. The summed E-state index contributed by atoms with van der Waals surface area (Å²) >= 11 is 1.31. The Morgan fingerprint density at radius 1 is 1.12 bits per heavy atom. The molecule has 0 saturated heterocycles. The van der Waals surface area contributed by atoms with Crippen LogP contribution in [0.1, 0.15) is 21.7 Å². The molecule has 0 saturated carbocycles. The van der Waals surface area contributed by atoms with E-state index in [9.17, 15) is 4.79 Å². The van der Waals surface area contributed by atoms with Crippen LogP contribution in [0, 0.1) is 27.7 Å².